The number of hydrogen-bond donors (Lipinski definition) is 3. The van der Waals surface area contributed by atoms with E-state index in [1.807, 2.05) is 71.0 Å². The van der Waals surface area contributed by atoms with Crippen LogP contribution in [0, 0.1) is 24.2 Å². The lowest BCUT2D eigenvalue weighted by atomic mass is 9.85. The quantitative estimate of drug-likeness (QED) is 0.260. The molecule has 4 N–H and O–H groups in total. The minimum atomic E-state index is -1.13. The molecule has 52 heavy (non-hydrogen) atoms. The van der Waals surface area contributed by atoms with Crippen LogP contribution < -0.4 is 21.1 Å². The molecule has 0 radical (unpaired) electrons. The number of hydrogen-bond acceptors (Lipinski definition) is 8. The van der Waals surface area contributed by atoms with Crippen LogP contribution in [0.4, 0.5) is 0 Å². The Morgan fingerprint density at radius 3 is 2.42 bits per heavy atom. The zero-order valence-electron chi connectivity index (χ0n) is 30.4. The number of amides is 4. The van der Waals surface area contributed by atoms with Gasteiger partial charge >= 0.3 is 0 Å². The van der Waals surface area contributed by atoms with E-state index in [1.165, 1.54) is 4.90 Å². The molecule has 2 aromatic carbocycles. The zero-order chi connectivity index (χ0) is 37.5. The van der Waals surface area contributed by atoms with Crippen LogP contribution in [0.2, 0.25) is 5.02 Å². The fraction of sp³-hybridized carbons (Fsp3) is 0.538. The number of aryl methyl sites for hydroxylation is 1. The monoisotopic (exact) mass is 733 g/mol. The Bertz CT molecular complexity index is 1770. The molecular formula is C39H48ClN5O7. The molecule has 2 aromatic rings. The largest absolute Gasteiger partial charge is 0.492 e. The van der Waals surface area contributed by atoms with Gasteiger partial charge in [-0.05, 0) is 67.2 Å². The zero-order valence-corrected chi connectivity index (χ0v) is 31.1. The molecule has 3 fully saturated rings. The number of rotatable bonds is 13. The van der Waals surface area contributed by atoms with Crippen molar-refractivity contribution in [2.45, 2.75) is 103 Å². The maximum atomic E-state index is 14.7. The van der Waals surface area contributed by atoms with Gasteiger partial charge in [-0.1, -0.05) is 80.7 Å². The number of carbonyl (C=O) groups is 5. The number of nitrogens with zero attached hydrogens (tertiary/aromatic N) is 2. The predicted octanol–water partition coefficient (Wildman–Crippen LogP) is 4.19. The van der Waals surface area contributed by atoms with Gasteiger partial charge in [-0.2, -0.15) is 0 Å². The Labute approximate surface area is 309 Å². The van der Waals surface area contributed by atoms with Crippen LogP contribution in [0.25, 0.3) is 0 Å². The van der Waals surface area contributed by atoms with Gasteiger partial charge in [0, 0.05) is 24.3 Å². The highest BCUT2D eigenvalue weighted by Gasteiger charge is 2.56. The third-order valence-electron chi connectivity index (χ3n) is 10.6. The standard InChI is InChI=1S/C39H48ClN5O7/c1-6-51-32-21(2)14-24(16-27(32)40)29-18-39(52-44-29)19-30(36(49)42-28(15-22-12-13-22)31(46)34(41)47)45(20-39)37(50)33(38(3,4)5)43-35(48)26-17-25(26)23-10-8-7-9-11-23/h7-11,14,16,22,25-26,28,30,33H,6,12-13,15,17-20H2,1-5H3,(H2,41,47)(H,42,49)(H,43,48)/t25-,26+,28-,30-,33+,39+/m0/s1. The maximum absolute atomic E-state index is 14.7. The van der Waals surface area contributed by atoms with E-state index in [1.54, 1.807) is 6.07 Å². The van der Waals surface area contributed by atoms with Gasteiger partial charge in [0.25, 0.3) is 5.91 Å². The summed E-state index contributed by atoms with van der Waals surface area (Å²) in [7, 11) is 0. The molecule has 12 nitrogen and oxygen atoms in total. The first kappa shape index (κ1) is 37.3. The molecule has 4 amide bonds. The summed E-state index contributed by atoms with van der Waals surface area (Å²) in [6.07, 6.45) is 3.06. The topological polar surface area (TPSA) is 169 Å². The van der Waals surface area contributed by atoms with Crippen molar-refractivity contribution in [1.82, 2.24) is 15.5 Å². The summed E-state index contributed by atoms with van der Waals surface area (Å²) >= 11 is 6.58. The van der Waals surface area contributed by atoms with E-state index >= 15 is 0 Å². The second-order valence-electron chi connectivity index (χ2n) is 15.8. The number of halogens is 1. The minimum absolute atomic E-state index is 0.00373. The summed E-state index contributed by atoms with van der Waals surface area (Å²) in [4.78, 5) is 74.8. The van der Waals surface area contributed by atoms with E-state index in [9.17, 15) is 24.0 Å². The number of primary amides is 1. The Kier molecular flexibility index (Phi) is 10.4. The van der Waals surface area contributed by atoms with Gasteiger partial charge in [0.1, 0.15) is 17.8 Å². The smallest absolute Gasteiger partial charge is 0.287 e. The number of nitrogens with two attached hydrogens (primary N) is 1. The van der Waals surface area contributed by atoms with Gasteiger partial charge in [0.05, 0.1) is 29.9 Å². The van der Waals surface area contributed by atoms with E-state index in [4.69, 9.17) is 26.9 Å². The van der Waals surface area contributed by atoms with Crippen molar-refractivity contribution in [3.8, 4) is 5.75 Å². The number of oxime groups is 1. The second-order valence-corrected chi connectivity index (χ2v) is 16.3. The molecule has 4 aliphatic rings. The minimum Gasteiger partial charge on any atom is -0.492 e. The summed E-state index contributed by atoms with van der Waals surface area (Å²) in [6, 6.07) is 10.3. The number of likely N-dealkylation sites (tertiary alicyclic amines) is 1. The highest BCUT2D eigenvalue weighted by Crippen LogP contribution is 2.48. The highest BCUT2D eigenvalue weighted by atomic mass is 35.5. The van der Waals surface area contributed by atoms with Crippen LogP contribution in [0.15, 0.2) is 47.6 Å². The molecule has 1 spiro atoms. The molecule has 1 saturated heterocycles. The Balaban J connectivity index is 1.26. The van der Waals surface area contributed by atoms with E-state index in [2.05, 4.69) is 15.8 Å². The number of Topliss-reactive ketones (excluding diaryl/α,β-unsaturated/α-hetero) is 1. The summed E-state index contributed by atoms with van der Waals surface area (Å²) in [5.41, 5.74) is 6.77. The summed E-state index contributed by atoms with van der Waals surface area (Å²) in [6.45, 7) is 9.80. The lowest BCUT2D eigenvalue weighted by Crippen LogP contribution is -2.59. The van der Waals surface area contributed by atoms with Gasteiger partial charge in [0.15, 0.2) is 5.60 Å². The van der Waals surface area contributed by atoms with Crippen LogP contribution in [-0.4, -0.2) is 76.9 Å². The summed E-state index contributed by atoms with van der Waals surface area (Å²) in [5, 5.41) is 10.6. The molecule has 0 bridgehead atoms. The molecule has 0 unspecified atom stereocenters. The first-order chi connectivity index (χ1) is 24.6. The average Bonchev–Trinajstić information content (AvgIpc) is 4.02. The lowest BCUT2D eigenvalue weighted by Gasteiger charge is -2.35. The first-order valence-corrected chi connectivity index (χ1v) is 18.5. The molecule has 0 aromatic heterocycles. The Morgan fingerprint density at radius 1 is 1.10 bits per heavy atom. The van der Waals surface area contributed by atoms with Crippen molar-refractivity contribution < 1.29 is 33.5 Å². The Hall–Kier alpha value is -4.45. The Morgan fingerprint density at radius 2 is 1.81 bits per heavy atom. The van der Waals surface area contributed by atoms with E-state index in [0.29, 0.717) is 29.5 Å². The third-order valence-corrected chi connectivity index (χ3v) is 10.9. The van der Waals surface area contributed by atoms with Crippen molar-refractivity contribution >= 4 is 46.7 Å². The lowest BCUT2D eigenvalue weighted by molar-refractivity contribution is -0.145. The average molecular weight is 734 g/mol. The predicted molar refractivity (Wildman–Crippen MR) is 195 cm³/mol. The molecule has 6 atom stereocenters. The SMILES string of the molecule is CCOc1c(C)cc(C2=NO[C@]3(C2)C[C@@H](C(=O)N[C@@H](CC2CC2)C(=O)C(N)=O)N(C(=O)[C@@H](NC(=O)[C@@H]2C[C@H]2c2ccccc2)C(C)(C)C)C3)cc1Cl. The number of benzene rings is 2. The van der Waals surface area contributed by atoms with Gasteiger partial charge in [-0.3, -0.25) is 24.0 Å². The van der Waals surface area contributed by atoms with Crippen LogP contribution in [0.3, 0.4) is 0 Å². The number of ketones is 1. The molecule has 2 aliphatic heterocycles. The molecular weight excluding hydrogens is 686 g/mol. The molecule has 278 valence electrons. The number of nitrogens with one attached hydrogen (secondary N) is 2. The number of carbonyl (C=O) groups excluding carboxylic acids is 5. The fourth-order valence-corrected chi connectivity index (χ4v) is 7.81. The van der Waals surface area contributed by atoms with Crippen LogP contribution >= 0.6 is 11.6 Å². The molecule has 2 aliphatic carbocycles. The van der Waals surface area contributed by atoms with Gasteiger partial charge < -0.3 is 30.8 Å². The summed E-state index contributed by atoms with van der Waals surface area (Å²) < 4.78 is 5.70. The van der Waals surface area contributed by atoms with E-state index in [0.717, 1.165) is 29.5 Å². The molecule has 6 rings (SSSR count). The first-order valence-electron chi connectivity index (χ1n) is 18.1. The van der Waals surface area contributed by atoms with Crippen LogP contribution in [0.5, 0.6) is 5.75 Å². The maximum Gasteiger partial charge on any atom is 0.287 e. The second kappa shape index (κ2) is 14.5. The van der Waals surface area contributed by atoms with E-state index in [-0.39, 0.29) is 49.5 Å². The fourth-order valence-electron chi connectivity index (χ4n) is 7.48. The molecule has 2 heterocycles. The van der Waals surface area contributed by atoms with Crippen molar-refractivity contribution in [1.29, 1.82) is 0 Å². The molecule has 13 heteroatoms. The normalized spacial score (nSPS) is 24.8. The van der Waals surface area contributed by atoms with Crippen molar-refractivity contribution in [2.24, 2.45) is 28.1 Å². The van der Waals surface area contributed by atoms with Gasteiger partial charge in [-0.15, -0.1) is 0 Å². The third kappa shape index (κ3) is 7.96. The summed E-state index contributed by atoms with van der Waals surface area (Å²) in [5.74, 6) is -2.72. The van der Waals surface area contributed by atoms with Crippen molar-refractivity contribution in [3.63, 3.8) is 0 Å². The van der Waals surface area contributed by atoms with Crippen molar-refractivity contribution in [2.75, 3.05) is 13.2 Å². The van der Waals surface area contributed by atoms with Crippen LogP contribution in [-0.2, 0) is 28.8 Å². The van der Waals surface area contributed by atoms with E-state index < -0.39 is 52.6 Å². The number of ether oxygens (including phenoxy) is 1. The van der Waals surface area contributed by atoms with Crippen molar-refractivity contribution in [3.05, 3.63) is 64.2 Å². The molecule has 2 saturated carbocycles. The highest BCUT2D eigenvalue weighted by molar-refractivity contribution is 6.38. The van der Waals surface area contributed by atoms with Crippen LogP contribution in [0.1, 0.15) is 88.8 Å². The van der Waals surface area contributed by atoms with Gasteiger partial charge in [0.2, 0.25) is 23.5 Å². The van der Waals surface area contributed by atoms with Gasteiger partial charge in [-0.25, -0.2) is 0 Å².